The summed E-state index contributed by atoms with van der Waals surface area (Å²) in [7, 11) is -2.20. The van der Waals surface area contributed by atoms with E-state index < -0.39 is 15.5 Å². The van der Waals surface area contributed by atoms with E-state index in [1.807, 2.05) is 13.8 Å². The Labute approximate surface area is 102 Å². The number of hydrogen-bond donors (Lipinski definition) is 1. The van der Waals surface area contributed by atoms with E-state index in [4.69, 9.17) is 0 Å². The number of pyridine rings is 1. The average molecular weight is 258 g/mol. The number of hydrogen-bond acceptors (Lipinski definition) is 3. The lowest BCUT2D eigenvalue weighted by Gasteiger charge is -2.23. The molecule has 1 rings (SSSR count). The topological polar surface area (TPSA) is 70.2 Å². The molecule has 0 aliphatic rings. The SMILES string of the molecule is CCCC(C)N(C)S(=O)(=O)c1c[nH]ccc1=O. The highest BCUT2D eigenvalue weighted by atomic mass is 32.2. The summed E-state index contributed by atoms with van der Waals surface area (Å²) in [5, 5.41) is 0. The number of rotatable bonds is 5. The van der Waals surface area contributed by atoms with Crippen LogP contribution in [0.3, 0.4) is 0 Å². The first-order chi connectivity index (χ1) is 7.91. The Kier molecular flexibility index (Phi) is 4.47. The molecule has 1 N–H and O–H groups in total. The molecular formula is C11H18N2O3S. The predicted octanol–water partition coefficient (Wildman–Crippen LogP) is 1.18. The lowest BCUT2D eigenvalue weighted by atomic mass is 10.2. The molecule has 0 radical (unpaired) electrons. The second-order valence-corrected chi connectivity index (χ2v) is 6.00. The lowest BCUT2D eigenvalue weighted by molar-refractivity contribution is 0.368. The van der Waals surface area contributed by atoms with Crippen molar-refractivity contribution in [1.82, 2.24) is 9.29 Å². The molecular weight excluding hydrogens is 240 g/mol. The second kappa shape index (κ2) is 5.46. The Hall–Kier alpha value is -1.14. The molecule has 0 aromatic carbocycles. The van der Waals surface area contributed by atoms with E-state index in [1.165, 1.54) is 29.8 Å². The van der Waals surface area contributed by atoms with Crippen molar-refractivity contribution in [2.24, 2.45) is 0 Å². The van der Waals surface area contributed by atoms with Crippen LogP contribution < -0.4 is 5.43 Å². The molecule has 1 atom stereocenters. The van der Waals surface area contributed by atoms with Crippen LogP contribution in [0.1, 0.15) is 26.7 Å². The van der Waals surface area contributed by atoms with Gasteiger partial charge >= 0.3 is 0 Å². The van der Waals surface area contributed by atoms with E-state index in [0.29, 0.717) is 0 Å². The Bertz CT molecular complexity index is 522. The highest BCUT2D eigenvalue weighted by Crippen LogP contribution is 2.14. The van der Waals surface area contributed by atoms with Gasteiger partial charge in [-0.25, -0.2) is 8.42 Å². The van der Waals surface area contributed by atoms with Crippen LogP contribution in [0, 0.1) is 0 Å². The summed E-state index contributed by atoms with van der Waals surface area (Å²) in [6.07, 6.45) is 4.30. The molecule has 0 bridgehead atoms. The zero-order valence-corrected chi connectivity index (χ0v) is 11.1. The van der Waals surface area contributed by atoms with Gasteiger partial charge in [-0.05, 0) is 13.3 Å². The second-order valence-electron chi connectivity index (χ2n) is 4.03. The Morgan fingerprint density at radius 1 is 1.47 bits per heavy atom. The van der Waals surface area contributed by atoms with E-state index in [2.05, 4.69) is 4.98 Å². The fraction of sp³-hybridized carbons (Fsp3) is 0.545. The van der Waals surface area contributed by atoms with Crippen LogP contribution in [0.5, 0.6) is 0 Å². The van der Waals surface area contributed by atoms with E-state index in [-0.39, 0.29) is 10.9 Å². The molecule has 1 aromatic rings. The third kappa shape index (κ3) is 2.95. The van der Waals surface area contributed by atoms with Crippen LogP contribution in [0.2, 0.25) is 0 Å². The van der Waals surface area contributed by atoms with E-state index in [0.717, 1.165) is 12.8 Å². The van der Waals surface area contributed by atoms with Crippen LogP contribution >= 0.6 is 0 Å². The normalized spacial score (nSPS) is 13.9. The maximum absolute atomic E-state index is 12.2. The van der Waals surface area contributed by atoms with Crippen molar-refractivity contribution in [3.63, 3.8) is 0 Å². The summed E-state index contributed by atoms with van der Waals surface area (Å²) >= 11 is 0. The van der Waals surface area contributed by atoms with Crippen LogP contribution in [-0.2, 0) is 10.0 Å². The predicted molar refractivity (Wildman–Crippen MR) is 66.4 cm³/mol. The Morgan fingerprint density at radius 3 is 2.65 bits per heavy atom. The van der Waals surface area contributed by atoms with Crippen LogP contribution in [0.25, 0.3) is 0 Å². The summed E-state index contributed by atoms with van der Waals surface area (Å²) in [6.45, 7) is 3.82. The minimum absolute atomic E-state index is 0.121. The quantitative estimate of drug-likeness (QED) is 0.862. The van der Waals surface area contributed by atoms with E-state index >= 15 is 0 Å². The van der Waals surface area contributed by atoms with Gasteiger partial charge in [0.2, 0.25) is 15.5 Å². The number of nitrogens with zero attached hydrogens (tertiary/aromatic N) is 1. The van der Waals surface area contributed by atoms with Crippen molar-refractivity contribution in [3.05, 3.63) is 28.7 Å². The maximum Gasteiger partial charge on any atom is 0.248 e. The van der Waals surface area contributed by atoms with Gasteiger partial charge in [-0.1, -0.05) is 13.3 Å². The van der Waals surface area contributed by atoms with Crippen molar-refractivity contribution in [2.75, 3.05) is 7.05 Å². The average Bonchev–Trinajstić information content (AvgIpc) is 2.28. The minimum Gasteiger partial charge on any atom is -0.366 e. The largest absolute Gasteiger partial charge is 0.366 e. The van der Waals surface area contributed by atoms with Gasteiger partial charge in [0.1, 0.15) is 4.90 Å². The minimum atomic E-state index is -3.70. The van der Waals surface area contributed by atoms with Gasteiger partial charge < -0.3 is 4.98 Å². The molecule has 0 amide bonds. The number of H-pyrrole nitrogens is 1. The first kappa shape index (κ1) is 13.9. The van der Waals surface area contributed by atoms with E-state index in [9.17, 15) is 13.2 Å². The fourth-order valence-electron chi connectivity index (χ4n) is 1.59. The summed E-state index contributed by atoms with van der Waals surface area (Å²) in [5.41, 5.74) is -0.487. The number of sulfonamides is 1. The van der Waals surface area contributed by atoms with E-state index in [1.54, 1.807) is 0 Å². The van der Waals surface area contributed by atoms with Gasteiger partial charge in [0.05, 0.1) is 0 Å². The molecule has 6 heteroatoms. The monoisotopic (exact) mass is 258 g/mol. The summed E-state index contributed by atoms with van der Waals surface area (Å²) in [6, 6.07) is 1.09. The molecule has 1 unspecified atom stereocenters. The summed E-state index contributed by atoms with van der Waals surface area (Å²) < 4.78 is 25.6. The van der Waals surface area contributed by atoms with Gasteiger partial charge in [0.25, 0.3) is 0 Å². The first-order valence-corrected chi connectivity index (χ1v) is 7.00. The molecule has 0 aliphatic heterocycles. The lowest BCUT2D eigenvalue weighted by Crippen LogP contribution is -2.37. The molecule has 0 spiro atoms. The zero-order chi connectivity index (χ0) is 13.1. The third-order valence-electron chi connectivity index (χ3n) is 2.77. The van der Waals surface area contributed by atoms with Crippen molar-refractivity contribution < 1.29 is 8.42 Å². The number of nitrogens with one attached hydrogen (secondary N) is 1. The molecule has 0 aliphatic carbocycles. The summed E-state index contributed by atoms with van der Waals surface area (Å²) in [5.74, 6) is 0. The van der Waals surface area contributed by atoms with Crippen LogP contribution in [-0.4, -0.2) is 30.8 Å². The van der Waals surface area contributed by atoms with Crippen molar-refractivity contribution in [3.8, 4) is 0 Å². The van der Waals surface area contributed by atoms with Gasteiger partial charge in [-0.3, -0.25) is 4.79 Å². The van der Waals surface area contributed by atoms with Gasteiger partial charge in [0, 0.05) is 31.5 Å². The highest BCUT2D eigenvalue weighted by molar-refractivity contribution is 7.89. The summed E-state index contributed by atoms with van der Waals surface area (Å²) in [4.78, 5) is 13.9. The van der Waals surface area contributed by atoms with Gasteiger partial charge in [0.15, 0.2) is 0 Å². The molecule has 1 heterocycles. The standard InChI is InChI=1S/C11H18N2O3S/c1-4-5-9(2)13(3)17(15,16)11-8-12-7-6-10(11)14/h6-9H,4-5H2,1-3H3,(H,12,14). The van der Waals surface area contributed by atoms with Crippen molar-refractivity contribution >= 4 is 10.0 Å². The highest BCUT2D eigenvalue weighted by Gasteiger charge is 2.26. The first-order valence-electron chi connectivity index (χ1n) is 5.56. The smallest absolute Gasteiger partial charge is 0.248 e. The van der Waals surface area contributed by atoms with Gasteiger partial charge in [-0.15, -0.1) is 0 Å². The molecule has 0 fully saturated rings. The maximum atomic E-state index is 12.2. The third-order valence-corrected chi connectivity index (χ3v) is 4.77. The Morgan fingerprint density at radius 2 is 2.12 bits per heavy atom. The van der Waals surface area contributed by atoms with Crippen molar-refractivity contribution in [1.29, 1.82) is 0 Å². The van der Waals surface area contributed by atoms with Crippen LogP contribution in [0.4, 0.5) is 0 Å². The zero-order valence-electron chi connectivity index (χ0n) is 10.3. The molecule has 0 saturated heterocycles. The molecule has 96 valence electrons. The van der Waals surface area contributed by atoms with Crippen LogP contribution in [0.15, 0.2) is 28.2 Å². The molecule has 5 nitrogen and oxygen atoms in total. The number of aromatic nitrogens is 1. The number of aromatic amines is 1. The van der Waals surface area contributed by atoms with Gasteiger partial charge in [-0.2, -0.15) is 4.31 Å². The Balaban J connectivity index is 3.12. The fourth-order valence-corrected chi connectivity index (χ4v) is 3.02. The molecule has 1 aromatic heterocycles. The molecule has 0 saturated carbocycles. The molecule has 17 heavy (non-hydrogen) atoms. The van der Waals surface area contributed by atoms with Crippen molar-refractivity contribution in [2.45, 2.75) is 37.6 Å².